The highest BCUT2D eigenvalue weighted by Crippen LogP contribution is 2.46. The zero-order chi connectivity index (χ0) is 42.8. The summed E-state index contributed by atoms with van der Waals surface area (Å²) in [5, 5.41) is 8.28. The Labute approximate surface area is 376 Å². The van der Waals surface area contributed by atoms with Gasteiger partial charge in [-0.05, 0) is 98.2 Å². The van der Waals surface area contributed by atoms with Crippen molar-refractivity contribution >= 4 is 77.6 Å². The van der Waals surface area contributed by atoms with Crippen LogP contribution in [0.5, 0.6) is 0 Å². The standard InChI is InChI=1S/C62H41NO2/c1-2-14-46-39-60-57(38-45(46)13-1)56-23-11-21-54(62(56)65-60)52-17-5-7-24-58(52)63(48-36-32-44(33-37-48)51-20-10-22-55-53-18-6-8-25-59(53)64-61(51)55)47-34-30-41(31-35-47)40-26-28-43(29-27-40)50-19-9-15-42-12-3-4-16-49(42)50/h1-7,9-24,26-39H,8,25H2. The summed E-state index contributed by atoms with van der Waals surface area (Å²) in [6.45, 7) is 0. The van der Waals surface area contributed by atoms with E-state index in [1.807, 2.05) is 0 Å². The van der Waals surface area contributed by atoms with Crippen LogP contribution in [0.2, 0.25) is 0 Å². The van der Waals surface area contributed by atoms with Crippen LogP contribution in [0.25, 0.3) is 105 Å². The van der Waals surface area contributed by atoms with Gasteiger partial charge in [0, 0.05) is 56.2 Å². The molecule has 0 atom stereocenters. The van der Waals surface area contributed by atoms with Gasteiger partial charge in [-0.15, -0.1) is 0 Å². The summed E-state index contributed by atoms with van der Waals surface area (Å²) in [6.07, 6.45) is 6.40. The summed E-state index contributed by atoms with van der Waals surface area (Å²) >= 11 is 0. The molecule has 12 aromatic rings. The lowest BCUT2D eigenvalue weighted by Crippen LogP contribution is -2.11. The van der Waals surface area contributed by atoms with Gasteiger partial charge in [0.05, 0.1) is 5.69 Å². The molecule has 1 aliphatic rings. The van der Waals surface area contributed by atoms with Crippen molar-refractivity contribution in [3.05, 3.63) is 230 Å². The molecule has 0 amide bonds. The number of para-hydroxylation sites is 3. The van der Waals surface area contributed by atoms with Gasteiger partial charge in [0.25, 0.3) is 0 Å². The first-order valence-electron chi connectivity index (χ1n) is 22.5. The van der Waals surface area contributed by atoms with Crippen LogP contribution in [0.4, 0.5) is 17.1 Å². The normalized spacial score (nSPS) is 12.4. The molecule has 13 rings (SSSR count). The molecule has 0 N–H and O–H groups in total. The van der Waals surface area contributed by atoms with Gasteiger partial charge in [-0.25, -0.2) is 0 Å². The minimum Gasteiger partial charge on any atom is -0.460 e. The van der Waals surface area contributed by atoms with Crippen molar-refractivity contribution in [2.45, 2.75) is 12.8 Å². The SMILES string of the molecule is C1=Cc2c(oc3c(-c4ccc(N(c5ccc(-c6ccc(-c7cccc8ccccc78)cc6)cc5)c5ccccc5-c5cccc6c5oc5cc7ccccc7cc56)cc4)cccc23)CC1. The highest BCUT2D eigenvalue weighted by molar-refractivity contribution is 6.14. The Morgan fingerprint density at radius 2 is 0.908 bits per heavy atom. The number of hydrogen-bond donors (Lipinski definition) is 0. The molecule has 0 bridgehead atoms. The fraction of sp³-hybridized carbons (Fsp3) is 0.0323. The van der Waals surface area contributed by atoms with Crippen LogP contribution in [0, 0.1) is 0 Å². The molecule has 3 nitrogen and oxygen atoms in total. The average Bonchev–Trinajstić information content (AvgIpc) is 3.94. The van der Waals surface area contributed by atoms with Crippen molar-refractivity contribution in [3.8, 4) is 44.5 Å². The van der Waals surface area contributed by atoms with Crippen molar-refractivity contribution in [2.24, 2.45) is 0 Å². The first-order valence-corrected chi connectivity index (χ1v) is 22.5. The third kappa shape index (κ3) is 6.27. The molecule has 0 spiro atoms. The lowest BCUT2D eigenvalue weighted by molar-refractivity contribution is 0.547. The Morgan fingerprint density at radius 1 is 0.369 bits per heavy atom. The molecule has 2 aromatic heterocycles. The first kappa shape index (κ1) is 37.2. The maximum absolute atomic E-state index is 6.81. The zero-order valence-corrected chi connectivity index (χ0v) is 35.5. The van der Waals surface area contributed by atoms with Gasteiger partial charge in [-0.1, -0.05) is 182 Å². The lowest BCUT2D eigenvalue weighted by atomic mass is 9.96. The number of benzene rings is 10. The molecule has 0 unspecified atom stereocenters. The second-order valence-corrected chi connectivity index (χ2v) is 17.1. The van der Waals surface area contributed by atoms with Crippen LogP contribution in [0.15, 0.2) is 227 Å². The van der Waals surface area contributed by atoms with E-state index in [0.29, 0.717) is 0 Å². The van der Waals surface area contributed by atoms with E-state index >= 15 is 0 Å². The minimum absolute atomic E-state index is 0.881. The molecule has 65 heavy (non-hydrogen) atoms. The van der Waals surface area contributed by atoms with Gasteiger partial charge < -0.3 is 13.7 Å². The van der Waals surface area contributed by atoms with Gasteiger partial charge in [0.15, 0.2) is 0 Å². The molecule has 1 aliphatic carbocycles. The van der Waals surface area contributed by atoms with Gasteiger partial charge in [0.1, 0.15) is 22.5 Å². The van der Waals surface area contributed by atoms with Crippen molar-refractivity contribution in [1.82, 2.24) is 0 Å². The third-order valence-corrected chi connectivity index (χ3v) is 13.3. The predicted molar refractivity (Wildman–Crippen MR) is 272 cm³/mol. The van der Waals surface area contributed by atoms with Gasteiger partial charge >= 0.3 is 0 Å². The van der Waals surface area contributed by atoms with Crippen LogP contribution in [-0.2, 0) is 6.42 Å². The van der Waals surface area contributed by atoms with Gasteiger partial charge in [-0.3, -0.25) is 0 Å². The molecule has 0 saturated carbocycles. The van der Waals surface area contributed by atoms with E-state index in [9.17, 15) is 0 Å². The van der Waals surface area contributed by atoms with E-state index in [4.69, 9.17) is 8.83 Å². The molecule has 306 valence electrons. The minimum atomic E-state index is 0.881. The van der Waals surface area contributed by atoms with Gasteiger partial charge in [0.2, 0.25) is 0 Å². The predicted octanol–water partition coefficient (Wildman–Crippen LogP) is 17.7. The zero-order valence-electron chi connectivity index (χ0n) is 35.5. The second kappa shape index (κ2) is 15.1. The van der Waals surface area contributed by atoms with E-state index < -0.39 is 0 Å². The number of hydrogen-bond acceptors (Lipinski definition) is 3. The van der Waals surface area contributed by atoms with E-state index in [1.54, 1.807) is 0 Å². The summed E-state index contributed by atoms with van der Waals surface area (Å²) in [5.41, 5.74) is 16.2. The van der Waals surface area contributed by atoms with Crippen LogP contribution in [0.1, 0.15) is 17.7 Å². The quantitative estimate of drug-likeness (QED) is 0.160. The molecule has 10 aromatic carbocycles. The Hall–Kier alpha value is -8.40. The second-order valence-electron chi connectivity index (χ2n) is 17.1. The van der Waals surface area contributed by atoms with E-state index in [2.05, 4.69) is 229 Å². The molecule has 0 aliphatic heterocycles. The Kier molecular flexibility index (Phi) is 8.67. The van der Waals surface area contributed by atoms with Crippen molar-refractivity contribution < 1.29 is 8.83 Å². The van der Waals surface area contributed by atoms with Gasteiger partial charge in [-0.2, -0.15) is 0 Å². The largest absolute Gasteiger partial charge is 0.460 e. The third-order valence-electron chi connectivity index (χ3n) is 13.3. The topological polar surface area (TPSA) is 29.5 Å². The molecular formula is C62H41NO2. The van der Waals surface area contributed by atoms with Crippen molar-refractivity contribution in [3.63, 3.8) is 0 Å². The van der Waals surface area contributed by atoms with Crippen molar-refractivity contribution in [1.29, 1.82) is 0 Å². The maximum atomic E-state index is 6.81. The first-order chi connectivity index (χ1) is 32.2. The van der Waals surface area contributed by atoms with Crippen LogP contribution in [0.3, 0.4) is 0 Å². The number of aryl methyl sites for hydroxylation is 1. The fourth-order valence-corrected chi connectivity index (χ4v) is 10.1. The number of rotatable bonds is 7. The summed E-state index contributed by atoms with van der Waals surface area (Å²) in [7, 11) is 0. The Morgan fingerprint density at radius 3 is 1.71 bits per heavy atom. The number of nitrogens with zero attached hydrogens (tertiary/aromatic N) is 1. The van der Waals surface area contributed by atoms with Crippen LogP contribution in [-0.4, -0.2) is 0 Å². The summed E-state index contributed by atoms with van der Waals surface area (Å²) in [4.78, 5) is 2.37. The smallest absolute Gasteiger partial charge is 0.143 e. The fourth-order valence-electron chi connectivity index (χ4n) is 10.1. The highest BCUT2D eigenvalue weighted by atomic mass is 16.3. The summed E-state index contributed by atoms with van der Waals surface area (Å²) < 4.78 is 13.4. The number of fused-ring (bicyclic) bond motifs is 8. The molecule has 0 fully saturated rings. The summed E-state index contributed by atoms with van der Waals surface area (Å²) in [5.74, 6) is 1.08. The van der Waals surface area contributed by atoms with Crippen LogP contribution < -0.4 is 4.90 Å². The number of furan rings is 2. The Balaban J connectivity index is 0.925. The number of anilines is 3. The molecular weight excluding hydrogens is 791 g/mol. The molecule has 3 heteroatoms. The Bertz CT molecular complexity index is 3810. The van der Waals surface area contributed by atoms with Crippen LogP contribution >= 0.6 is 0 Å². The highest BCUT2D eigenvalue weighted by Gasteiger charge is 2.22. The van der Waals surface area contributed by atoms with E-state index in [1.165, 1.54) is 49.2 Å². The lowest BCUT2D eigenvalue weighted by Gasteiger charge is -2.28. The number of allylic oxidation sites excluding steroid dienone is 1. The molecule has 0 saturated heterocycles. The van der Waals surface area contributed by atoms with Crippen molar-refractivity contribution in [2.75, 3.05) is 4.90 Å². The van der Waals surface area contributed by atoms with E-state index in [0.717, 1.165) is 91.0 Å². The maximum Gasteiger partial charge on any atom is 0.143 e. The average molecular weight is 832 g/mol. The monoisotopic (exact) mass is 831 g/mol. The summed E-state index contributed by atoms with van der Waals surface area (Å²) in [6, 6.07) is 76.6. The van der Waals surface area contributed by atoms with E-state index in [-0.39, 0.29) is 0 Å². The molecule has 0 radical (unpaired) electrons. The molecule has 2 heterocycles.